The van der Waals surface area contributed by atoms with Crippen LogP contribution in [0.2, 0.25) is 0 Å². The highest BCUT2D eigenvalue weighted by Crippen LogP contribution is 2.59. The van der Waals surface area contributed by atoms with Crippen molar-refractivity contribution >= 4 is 40.3 Å². The van der Waals surface area contributed by atoms with Crippen LogP contribution in [-0.4, -0.2) is 46.0 Å². The first-order valence-electron chi connectivity index (χ1n) is 11.3. The molecule has 33 heavy (non-hydrogen) atoms. The van der Waals surface area contributed by atoms with Gasteiger partial charge < -0.3 is 15.2 Å². The first-order chi connectivity index (χ1) is 16.0. The normalized spacial score (nSPS) is 19.1. The third-order valence-electron chi connectivity index (χ3n) is 7.04. The number of thioether (sulfide) groups is 1. The molecule has 8 heteroatoms. The average Bonchev–Trinajstić information content (AvgIpc) is 3.37. The number of halogens is 1. The predicted molar refractivity (Wildman–Crippen MR) is 128 cm³/mol. The van der Waals surface area contributed by atoms with Gasteiger partial charge in [0.1, 0.15) is 11.6 Å². The highest BCUT2D eigenvalue weighted by molar-refractivity contribution is 7.98. The Labute approximate surface area is 196 Å². The molecule has 2 aliphatic rings. The molecule has 1 saturated carbocycles. The highest BCUT2D eigenvalue weighted by Gasteiger charge is 2.58. The van der Waals surface area contributed by atoms with Crippen molar-refractivity contribution in [2.75, 3.05) is 24.7 Å². The summed E-state index contributed by atoms with van der Waals surface area (Å²) in [4.78, 5) is 36.1. The van der Waals surface area contributed by atoms with Crippen molar-refractivity contribution < 1.29 is 14.0 Å². The van der Waals surface area contributed by atoms with Crippen LogP contribution in [0.15, 0.2) is 47.4 Å². The molecule has 1 aliphatic carbocycles. The maximum absolute atomic E-state index is 13.4. The molecular formula is C25H27FN4O2S. The average molecular weight is 467 g/mol. The fourth-order valence-electron chi connectivity index (χ4n) is 4.91. The summed E-state index contributed by atoms with van der Waals surface area (Å²) in [6.45, 7) is 1.38. The SMILES string of the molecule is CSc1ccc(NC(=O)[C@@H]2CC23CCN(C(=O)CCc2nc4ccc(F)cc4[nH]2)CC3)cc1. The molecule has 0 bridgehead atoms. The quantitative estimate of drug-likeness (QED) is 0.520. The van der Waals surface area contributed by atoms with Crippen LogP contribution in [-0.2, 0) is 16.0 Å². The van der Waals surface area contributed by atoms with Crippen molar-refractivity contribution in [3.63, 3.8) is 0 Å². The number of hydrogen-bond donors (Lipinski definition) is 2. The summed E-state index contributed by atoms with van der Waals surface area (Å²) >= 11 is 1.67. The number of rotatable bonds is 6. The van der Waals surface area contributed by atoms with Gasteiger partial charge in [-0.3, -0.25) is 9.59 Å². The number of benzene rings is 2. The molecule has 0 unspecified atom stereocenters. The lowest BCUT2D eigenvalue weighted by Gasteiger charge is -2.33. The van der Waals surface area contributed by atoms with E-state index in [0.29, 0.717) is 42.8 Å². The topological polar surface area (TPSA) is 78.1 Å². The van der Waals surface area contributed by atoms with E-state index < -0.39 is 0 Å². The van der Waals surface area contributed by atoms with Gasteiger partial charge >= 0.3 is 0 Å². The number of nitrogens with zero attached hydrogens (tertiary/aromatic N) is 2. The molecule has 172 valence electrons. The molecule has 1 aromatic heterocycles. The summed E-state index contributed by atoms with van der Waals surface area (Å²) in [7, 11) is 0. The molecule has 0 radical (unpaired) electrons. The maximum atomic E-state index is 13.4. The number of carbonyl (C=O) groups excluding carboxylic acids is 2. The van der Waals surface area contributed by atoms with E-state index in [4.69, 9.17) is 0 Å². The van der Waals surface area contributed by atoms with Gasteiger partial charge in [-0.15, -0.1) is 11.8 Å². The number of H-pyrrole nitrogens is 1. The number of anilines is 1. The molecule has 1 spiro atoms. The molecule has 2 fully saturated rings. The van der Waals surface area contributed by atoms with E-state index >= 15 is 0 Å². The summed E-state index contributed by atoms with van der Waals surface area (Å²) in [5.74, 6) is 0.615. The summed E-state index contributed by atoms with van der Waals surface area (Å²) in [6.07, 6.45) is 5.53. The first kappa shape index (κ1) is 21.9. The van der Waals surface area contributed by atoms with Gasteiger partial charge in [-0.25, -0.2) is 9.37 Å². The Balaban J connectivity index is 1.10. The molecule has 1 saturated heterocycles. The third-order valence-corrected chi connectivity index (χ3v) is 7.79. The monoisotopic (exact) mass is 466 g/mol. The molecule has 2 heterocycles. The molecule has 5 rings (SSSR count). The molecule has 6 nitrogen and oxygen atoms in total. The van der Waals surface area contributed by atoms with Crippen LogP contribution < -0.4 is 5.32 Å². The first-order valence-corrected chi connectivity index (χ1v) is 12.6. The van der Waals surface area contributed by atoms with E-state index in [-0.39, 0.29) is 29.0 Å². The molecule has 1 aliphatic heterocycles. The number of piperidine rings is 1. The molecule has 2 N–H and O–H groups in total. The number of aromatic nitrogens is 2. The van der Waals surface area contributed by atoms with E-state index in [1.807, 2.05) is 35.4 Å². The highest BCUT2D eigenvalue weighted by atomic mass is 32.2. The van der Waals surface area contributed by atoms with Gasteiger partial charge in [0, 0.05) is 42.4 Å². The van der Waals surface area contributed by atoms with Gasteiger partial charge in [0.2, 0.25) is 11.8 Å². The second-order valence-electron chi connectivity index (χ2n) is 9.06. The minimum absolute atomic E-state index is 0.0333. The van der Waals surface area contributed by atoms with Crippen molar-refractivity contribution in [3.05, 3.63) is 54.1 Å². The largest absolute Gasteiger partial charge is 0.343 e. The Hall–Kier alpha value is -2.87. The van der Waals surface area contributed by atoms with Crippen molar-refractivity contribution in [2.24, 2.45) is 11.3 Å². The number of aryl methyl sites for hydroxylation is 1. The second kappa shape index (κ2) is 8.82. The zero-order valence-electron chi connectivity index (χ0n) is 18.6. The number of aromatic amines is 1. The number of likely N-dealkylation sites (tertiary alicyclic amines) is 1. The summed E-state index contributed by atoms with van der Waals surface area (Å²) in [5.41, 5.74) is 2.23. The lowest BCUT2D eigenvalue weighted by atomic mass is 9.90. The standard InChI is InChI=1S/C25H27FN4O2S/c1-33-18-5-3-17(4-6-18)27-24(32)19-15-25(19)10-12-30(13-11-25)23(31)9-8-22-28-20-7-2-16(26)14-21(20)29-22/h2-7,14,19H,8-13,15H2,1H3,(H,27,32)(H,28,29)/t19-/m0/s1. The van der Waals surface area contributed by atoms with Crippen LogP contribution in [0.25, 0.3) is 11.0 Å². The summed E-state index contributed by atoms with van der Waals surface area (Å²) in [5, 5.41) is 3.05. The summed E-state index contributed by atoms with van der Waals surface area (Å²) in [6, 6.07) is 12.3. The number of imidazole rings is 1. The Morgan fingerprint density at radius 1 is 1.21 bits per heavy atom. The van der Waals surface area contributed by atoms with Gasteiger partial charge in [0.05, 0.1) is 11.0 Å². The minimum Gasteiger partial charge on any atom is -0.343 e. The number of carbonyl (C=O) groups is 2. The van der Waals surface area contributed by atoms with Gasteiger partial charge in [-0.2, -0.15) is 0 Å². The Morgan fingerprint density at radius 3 is 2.70 bits per heavy atom. The lowest BCUT2D eigenvalue weighted by molar-refractivity contribution is -0.132. The molecule has 1 atom stereocenters. The van der Waals surface area contributed by atoms with Crippen molar-refractivity contribution in [2.45, 2.75) is 37.0 Å². The predicted octanol–water partition coefficient (Wildman–Crippen LogP) is 4.62. The van der Waals surface area contributed by atoms with Gasteiger partial charge in [0.15, 0.2) is 0 Å². The van der Waals surface area contributed by atoms with E-state index in [9.17, 15) is 14.0 Å². The fourth-order valence-corrected chi connectivity index (χ4v) is 5.32. The second-order valence-corrected chi connectivity index (χ2v) is 9.94. The lowest BCUT2D eigenvalue weighted by Crippen LogP contribution is -2.40. The van der Waals surface area contributed by atoms with Crippen molar-refractivity contribution in [1.29, 1.82) is 0 Å². The third kappa shape index (κ3) is 4.62. The van der Waals surface area contributed by atoms with Crippen LogP contribution in [0.4, 0.5) is 10.1 Å². The number of amides is 2. The number of hydrogen-bond acceptors (Lipinski definition) is 4. The van der Waals surface area contributed by atoms with E-state index in [2.05, 4.69) is 15.3 Å². The Kier molecular flexibility index (Phi) is 5.86. The van der Waals surface area contributed by atoms with Crippen LogP contribution >= 0.6 is 11.8 Å². The van der Waals surface area contributed by atoms with E-state index in [1.165, 1.54) is 17.0 Å². The smallest absolute Gasteiger partial charge is 0.228 e. The van der Waals surface area contributed by atoms with Crippen molar-refractivity contribution in [1.82, 2.24) is 14.9 Å². The molecule has 2 amide bonds. The van der Waals surface area contributed by atoms with Crippen LogP contribution in [0, 0.1) is 17.2 Å². The van der Waals surface area contributed by atoms with Crippen LogP contribution in [0.1, 0.15) is 31.5 Å². The van der Waals surface area contributed by atoms with E-state index in [0.717, 1.165) is 24.9 Å². The molecular weight excluding hydrogens is 439 g/mol. The van der Waals surface area contributed by atoms with Crippen molar-refractivity contribution in [3.8, 4) is 0 Å². The Bertz CT molecular complexity index is 1180. The number of nitrogens with one attached hydrogen (secondary N) is 2. The number of fused-ring (bicyclic) bond motifs is 1. The van der Waals surface area contributed by atoms with E-state index in [1.54, 1.807) is 17.8 Å². The van der Waals surface area contributed by atoms with Gasteiger partial charge in [-0.05, 0) is 73.4 Å². The molecule has 2 aromatic carbocycles. The molecule has 3 aromatic rings. The fraction of sp³-hybridized carbons (Fsp3) is 0.400. The zero-order chi connectivity index (χ0) is 23.0. The minimum atomic E-state index is -0.309. The van der Waals surface area contributed by atoms with Crippen LogP contribution in [0.3, 0.4) is 0 Å². The summed E-state index contributed by atoms with van der Waals surface area (Å²) < 4.78 is 13.4. The Morgan fingerprint density at radius 2 is 1.97 bits per heavy atom. The van der Waals surface area contributed by atoms with Crippen LogP contribution in [0.5, 0.6) is 0 Å². The van der Waals surface area contributed by atoms with Gasteiger partial charge in [0.25, 0.3) is 0 Å². The maximum Gasteiger partial charge on any atom is 0.228 e. The zero-order valence-corrected chi connectivity index (χ0v) is 19.4. The van der Waals surface area contributed by atoms with Gasteiger partial charge in [-0.1, -0.05) is 0 Å².